The van der Waals surface area contributed by atoms with Crippen molar-refractivity contribution in [3.8, 4) is 11.5 Å². The molecule has 1 saturated carbocycles. The zero-order chi connectivity index (χ0) is 28.4. The van der Waals surface area contributed by atoms with E-state index in [2.05, 4.69) is 5.32 Å². The van der Waals surface area contributed by atoms with Gasteiger partial charge in [-0.3, -0.25) is 13.9 Å². The molecule has 9 nitrogen and oxygen atoms in total. The maximum Gasteiger partial charge on any atom is 0.243 e. The molecular formula is C29H41N3O6S. The molecule has 1 aliphatic rings. The molecule has 0 heterocycles. The summed E-state index contributed by atoms with van der Waals surface area (Å²) in [6, 6.07) is 13.8. The van der Waals surface area contributed by atoms with Gasteiger partial charge in [-0.2, -0.15) is 0 Å². The highest BCUT2D eigenvalue weighted by molar-refractivity contribution is 7.92. The standard InChI is InChI=1S/C29H41N3O6S/c1-5-27(29(34)30-23-10-6-7-11-23)31(21-22-15-17-25(37-2)18-16-22)28(33)14-9-19-32(39(4,35)36)24-12-8-13-26(20-24)38-3/h8,12-13,15-18,20,23,27H,5-7,9-11,14,19,21H2,1-4H3,(H,30,34). The van der Waals surface area contributed by atoms with Gasteiger partial charge in [0, 0.05) is 31.6 Å². The second kappa shape index (κ2) is 14.2. The van der Waals surface area contributed by atoms with Crippen LogP contribution in [-0.4, -0.2) is 64.2 Å². The number of rotatable bonds is 14. The first-order chi connectivity index (χ1) is 18.7. The summed E-state index contributed by atoms with van der Waals surface area (Å²) in [7, 11) is -0.473. The predicted octanol–water partition coefficient (Wildman–Crippen LogP) is 4.12. The highest BCUT2D eigenvalue weighted by atomic mass is 32.2. The number of anilines is 1. The van der Waals surface area contributed by atoms with Crippen molar-refractivity contribution in [1.82, 2.24) is 10.2 Å². The third-order valence-electron chi connectivity index (χ3n) is 7.09. The molecule has 1 unspecified atom stereocenters. The molecule has 0 aromatic heterocycles. The van der Waals surface area contributed by atoms with Crippen LogP contribution >= 0.6 is 0 Å². The van der Waals surface area contributed by atoms with Crippen LogP contribution in [-0.2, 0) is 26.2 Å². The van der Waals surface area contributed by atoms with Crippen molar-refractivity contribution in [1.29, 1.82) is 0 Å². The van der Waals surface area contributed by atoms with Crippen LogP contribution in [0.15, 0.2) is 48.5 Å². The molecule has 1 atom stereocenters. The van der Waals surface area contributed by atoms with Gasteiger partial charge in [0.1, 0.15) is 17.5 Å². The average molecular weight is 560 g/mol. The van der Waals surface area contributed by atoms with Crippen molar-refractivity contribution in [2.75, 3.05) is 31.3 Å². The monoisotopic (exact) mass is 559 g/mol. The Hall–Kier alpha value is -3.27. The fourth-order valence-electron chi connectivity index (χ4n) is 4.98. The number of sulfonamides is 1. The fourth-order valence-corrected chi connectivity index (χ4v) is 5.94. The topological polar surface area (TPSA) is 105 Å². The predicted molar refractivity (Wildman–Crippen MR) is 152 cm³/mol. The van der Waals surface area contributed by atoms with E-state index in [1.807, 2.05) is 31.2 Å². The van der Waals surface area contributed by atoms with Gasteiger partial charge in [0.15, 0.2) is 0 Å². The van der Waals surface area contributed by atoms with E-state index in [-0.39, 0.29) is 37.4 Å². The Morgan fingerprint density at radius 2 is 1.69 bits per heavy atom. The molecule has 2 aromatic carbocycles. The first kappa shape index (κ1) is 30.3. The van der Waals surface area contributed by atoms with Crippen LogP contribution in [0.1, 0.15) is 57.4 Å². The van der Waals surface area contributed by atoms with Crippen LogP contribution in [0.5, 0.6) is 11.5 Å². The number of nitrogens with one attached hydrogen (secondary N) is 1. The van der Waals surface area contributed by atoms with Crippen LogP contribution in [0.25, 0.3) is 0 Å². The fraction of sp³-hybridized carbons (Fsp3) is 0.517. The summed E-state index contributed by atoms with van der Waals surface area (Å²) in [6.07, 6.45) is 6.12. The zero-order valence-corrected chi connectivity index (χ0v) is 24.2. The van der Waals surface area contributed by atoms with Crippen LogP contribution in [0.3, 0.4) is 0 Å². The lowest BCUT2D eigenvalue weighted by atomic mass is 10.1. The minimum atomic E-state index is -3.59. The minimum absolute atomic E-state index is 0.0966. The number of hydrogen-bond acceptors (Lipinski definition) is 6. The highest BCUT2D eigenvalue weighted by Crippen LogP contribution is 2.24. The first-order valence-electron chi connectivity index (χ1n) is 13.5. The zero-order valence-electron chi connectivity index (χ0n) is 23.4. The smallest absolute Gasteiger partial charge is 0.243 e. The molecule has 2 aromatic rings. The van der Waals surface area contributed by atoms with Crippen molar-refractivity contribution >= 4 is 27.5 Å². The molecule has 0 radical (unpaired) electrons. The van der Waals surface area contributed by atoms with Gasteiger partial charge >= 0.3 is 0 Å². The Kier molecular flexibility index (Phi) is 11.0. The quantitative estimate of drug-likeness (QED) is 0.373. The van der Waals surface area contributed by atoms with Crippen LogP contribution < -0.4 is 19.1 Å². The second-order valence-corrected chi connectivity index (χ2v) is 11.8. The van der Waals surface area contributed by atoms with Gasteiger partial charge in [0.05, 0.1) is 26.2 Å². The van der Waals surface area contributed by atoms with Crippen molar-refractivity contribution in [2.24, 2.45) is 0 Å². The average Bonchev–Trinajstić information content (AvgIpc) is 3.43. The molecular weight excluding hydrogens is 518 g/mol. The maximum absolute atomic E-state index is 13.6. The van der Waals surface area contributed by atoms with Gasteiger partial charge < -0.3 is 19.7 Å². The molecule has 1 aliphatic carbocycles. The summed E-state index contributed by atoms with van der Waals surface area (Å²) in [5, 5.41) is 3.14. The number of ether oxygens (including phenoxy) is 2. The van der Waals surface area contributed by atoms with Gasteiger partial charge in [-0.25, -0.2) is 8.42 Å². The molecule has 2 amide bonds. The third kappa shape index (κ3) is 8.61. The molecule has 0 bridgehead atoms. The van der Waals surface area contributed by atoms with E-state index in [0.717, 1.165) is 37.5 Å². The molecule has 214 valence electrons. The summed E-state index contributed by atoms with van der Waals surface area (Å²) in [6.45, 7) is 2.30. The van der Waals surface area contributed by atoms with Gasteiger partial charge in [-0.05, 0) is 55.5 Å². The van der Waals surface area contributed by atoms with Crippen molar-refractivity contribution < 1.29 is 27.5 Å². The molecule has 3 rings (SSSR count). The van der Waals surface area contributed by atoms with Crippen molar-refractivity contribution in [3.63, 3.8) is 0 Å². The maximum atomic E-state index is 13.6. The molecule has 0 aliphatic heterocycles. The minimum Gasteiger partial charge on any atom is -0.497 e. The molecule has 0 saturated heterocycles. The Bertz CT molecular complexity index is 1200. The largest absolute Gasteiger partial charge is 0.497 e. The molecule has 1 fully saturated rings. The summed E-state index contributed by atoms with van der Waals surface area (Å²) in [5.74, 6) is 0.918. The van der Waals surface area contributed by atoms with E-state index in [0.29, 0.717) is 30.0 Å². The number of hydrogen-bond donors (Lipinski definition) is 1. The number of carbonyl (C=O) groups excluding carboxylic acids is 2. The lowest BCUT2D eigenvalue weighted by Crippen LogP contribution is -2.51. The van der Waals surface area contributed by atoms with Crippen molar-refractivity contribution in [3.05, 3.63) is 54.1 Å². The Morgan fingerprint density at radius 1 is 1.03 bits per heavy atom. The van der Waals surface area contributed by atoms with E-state index in [9.17, 15) is 18.0 Å². The first-order valence-corrected chi connectivity index (χ1v) is 15.4. The molecule has 39 heavy (non-hydrogen) atoms. The lowest BCUT2D eigenvalue weighted by molar-refractivity contribution is -0.141. The SMILES string of the molecule is CCC(C(=O)NC1CCCC1)N(Cc1ccc(OC)cc1)C(=O)CCCN(c1cccc(OC)c1)S(C)(=O)=O. The lowest BCUT2D eigenvalue weighted by Gasteiger charge is -2.32. The summed E-state index contributed by atoms with van der Waals surface area (Å²) < 4.78 is 36.9. The number of amides is 2. The third-order valence-corrected chi connectivity index (χ3v) is 8.29. The Morgan fingerprint density at radius 3 is 2.28 bits per heavy atom. The summed E-state index contributed by atoms with van der Waals surface area (Å²) >= 11 is 0. The Labute approximate surface area is 232 Å². The summed E-state index contributed by atoms with van der Waals surface area (Å²) in [4.78, 5) is 28.5. The van der Waals surface area contributed by atoms with Gasteiger partial charge in [0.2, 0.25) is 21.8 Å². The van der Waals surface area contributed by atoms with E-state index in [1.165, 1.54) is 11.4 Å². The van der Waals surface area contributed by atoms with E-state index in [4.69, 9.17) is 9.47 Å². The number of carbonyl (C=O) groups is 2. The van der Waals surface area contributed by atoms with Crippen molar-refractivity contribution in [2.45, 2.75) is 70.5 Å². The molecule has 10 heteroatoms. The Balaban J connectivity index is 1.76. The number of nitrogens with zero attached hydrogens (tertiary/aromatic N) is 2. The number of methoxy groups -OCH3 is 2. The van der Waals surface area contributed by atoms with Crippen LogP contribution in [0.2, 0.25) is 0 Å². The normalized spacial score (nSPS) is 14.5. The highest BCUT2D eigenvalue weighted by Gasteiger charge is 2.30. The molecule has 0 spiro atoms. The van der Waals surface area contributed by atoms with Crippen LogP contribution in [0.4, 0.5) is 5.69 Å². The van der Waals surface area contributed by atoms with Crippen LogP contribution in [0, 0.1) is 0 Å². The number of benzene rings is 2. The van der Waals surface area contributed by atoms with E-state index < -0.39 is 16.1 Å². The molecule has 1 N–H and O–H groups in total. The summed E-state index contributed by atoms with van der Waals surface area (Å²) in [5.41, 5.74) is 1.35. The van der Waals surface area contributed by atoms with E-state index >= 15 is 0 Å². The van der Waals surface area contributed by atoms with E-state index in [1.54, 1.807) is 36.3 Å². The van der Waals surface area contributed by atoms with Gasteiger partial charge in [0.25, 0.3) is 0 Å². The van der Waals surface area contributed by atoms with Gasteiger partial charge in [-0.15, -0.1) is 0 Å². The second-order valence-electron chi connectivity index (χ2n) is 9.92. The van der Waals surface area contributed by atoms with Gasteiger partial charge in [-0.1, -0.05) is 38.0 Å².